The molecular weight excluding hydrogens is 330 g/mol. The maximum atomic E-state index is 12.2. The molecule has 1 saturated carbocycles. The molecule has 1 atom stereocenters. The van der Waals surface area contributed by atoms with Gasteiger partial charge in [0.2, 0.25) is 5.91 Å². The highest BCUT2D eigenvalue weighted by Gasteiger charge is 2.16. The summed E-state index contributed by atoms with van der Waals surface area (Å²) in [5.74, 6) is 0.660. The van der Waals surface area contributed by atoms with E-state index in [1.165, 1.54) is 19.3 Å². The third-order valence-electron chi connectivity index (χ3n) is 4.81. The SMILES string of the molecule is COc1ccc(C)cc1C(C)NC(=O)CCNC(=O)NC1CCCCC1. The van der Waals surface area contributed by atoms with E-state index < -0.39 is 0 Å². The lowest BCUT2D eigenvalue weighted by atomic mass is 9.96. The highest BCUT2D eigenvalue weighted by atomic mass is 16.5. The van der Waals surface area contributed by atoms with Gasteiger partial charge >= 0.3 is 6.03 Å². The van der Waals surface area contributed by atoms with E-state index in [1.807, 2.05) is 32.0 Å². The number of carbonyl (C=O) groups is 2. The van der Waals surface area contributed by atoms with Crippen molar-refractivity contribution in [3.63, 3.8) is 0 Å². The van der Waals surface area contributed by atoms with Crippen molar-refractivity contribution in [3.8, 4) is 5.75 Å². The van der Waals surface area contributed by atoms with E-state index in [9.17, 15) is 9.59 Å². The lowest BCUT2D eigenvalue weighted by molar-refractivity contribution is -0.121. The number of hydrogen-bond donors (Lipinski definition) is 3. The van der Waals surface area contributed by atoms with Gasteiger partial charge in [0.1, 0.15) is 5.75 Å². The molecule has 0 aromatic heterocycles. The highest BCUT2D eigenvalue weighted by molar-refractivity contribution is 5.78. The summed E-state index contributed by atoms with van der Waals surface area (Å²) in [5.41, 5.74) is 2.06. The molecule has 1 aromatic carbocycles. The third kappa shape index (κ3) is 6.24. The number of ether oxygens (including phenoxy) is 1. The Morgan fingerprint density at radius 2 is 1.96 bits per heavy atom. The Morgan fingerprint density at radius 1 is 1.23 bits per heavy atom. The second-order valence-electron chi connectivity index (χ2n) is 7.02. The zero-order valence-electron chi connectivity index (χ0n) is 16.1. The van der Waals surface area contributed by atoms with Crippen molar-refractivity contribution in [1.29, 1.82) is 0 Å². The molecule has 0 radical (unpaired) electrons. The molecule has 26 heavy (non-hydrogen) atoms. The first kappa shape index (κ1) is 20.1. The Labute approximate surface area is 156 Å². The van der Waals surface area contributed by atoms with Gasteiger partial charge in [-0.25, -0.2) is 4.79 Å². The molecule has 0 aliphatic heterocycles. The lowest BCUT2D eigenvalue weighted by Gasteiger charge is -2.23. The molecule has 1 fully saturated rings. The second-order valence-corrected chi connectivity index (χ2v) is 7.02. The van der Waals surface area contributed by atoms with Gasteiger partial charge in [-0.3, -0.25) is 4.79 Å². The Hall–Kier alpha value is -2.24. The molecule has 1 aromatic rings. The zero-order valence-corrected chi connectivity index (χ0v) is 16.1. The normalized spacial score (nSPS) is 15.8. The van der Waals surface area contributed by atoms with Crippen molar-refractivity contribution >= 4 is 11.9 Å². The lowest BCUT2D eigenvalue weighted by Crippen LogP contribution is -2.43. The minimum atomic E-state index is -0.182. The molecule has 0 saturated heterocycles. The van der Waals surface area contributed by atoms with Gasteiger partial charge in [0.25, 0.3) is 0 Å². The summed E-state index contributed by atoms with van der Waals surface area (Å²) in [5, 5.41) is 8.71. The van der Waals surface area contributed by atoms with Crippen LogP contribution in [0.2, 0.25) is 0 Å². The maximum absolute atomic E-state index is 12.2. The van der Waals surface area contributed by atoms with Crippen molar-refractivity contribution in [2.24, 2.45) is 0 Å². The van der Waals surface area contributed by atoms with Crippen LogP contribution in [-0.4, -0.2) is 31.6 Å². The molecule has 0 bridgehead atoms. The molecule has 144 valence electrons. The average molecular weight is 361 g/mol. The van der Waals surface area contributed by atoms with Gasteiger partial charge in [0, 0.05) is 24.6 Å². The summed E-state index contributed by atoms with van der Waals surface area (Å²) in [6.07, 6.45) is 5.94. The molecule has 1 unspecified atom stereocenters. The average Bonchev–Trinajstić information content (AvgIpc) is 2.62. The molecule has 3 N–H and O–H groups in total. The molecule has 0 heterocycles. The fourth-order valence-corrected chi connectivity index (χ4v) is 3.36. The van der Waals surface area contributed by atoms with E-state index >= 15 is 0 Å². The monoisotopic (exact) mass is 361 g/mol. The highest BCUT2D eigenvalue weighted by Crippen LogP contribution is 2.26. The molecule has 6 nitrogen and oxygen atoms in total. The predicted octanol–water partition coefficient (Wildman–Crippen LogP) is 3.20. The molecule has 1 aliphatic rings. The van der Waals surface area contributed by atoms with E-state index in [4.69, 9.17) is 4.74 Å². The molecule has 1 aliphatic carbocycles. The molecule has 0 spiro atoms. The number of carbonyl (C=O) groups excluding carboxylic acids is 2. The summed E-state index contributed by atoms with van der Waals surface area (Å²) in [7, 11) is 1.62. The fraction of sp³-hybridized carbons (Fsp3) is 0.600. The topological polar surface area (TPSA) is 79.5 Å². The Balaban J connectivity index is 1.72. The number of rotatable bonds is 7. The van der Waals surface area contributed by atoms with Crippen LogP contribution in [0.15, 0.2) is 18.2 Å². The fourth-order valence-electron chi connectivity index (χ4n) is 3.36. The zero-order chi connectivity index (χ0) is 18.9. The van der Waals surface area contributed by atoms with Crippen LogP contribution in [0.4, 0.5) is 4.79 Å². The van der Waals surface area contributed by atoms with Crippen molar-refractivity contribution in [3.05, 3.63) is 29.3 Å². The van der Waals surface area contributed by atoms with Crippen LogP contribution >= 0.6 is 0 Å². The Kier molecular flexibility index (Phi) is 7.75. The molecule has 2 rings (SSSR count). The maximum Gasteiger partial charge on any atom is 0.315 e. The summed E-state index contributed by atoms with van der Waals surface area (Å²) >= 11 is 0. The number of benzene rings is 1. The Bertz CT molecular complexity index is 612. The van der Waals surface area contributed by atoms with E-state index in [1.54, 1.807) is 7.11 Å². The van der Waals surface area contributed by atoms with Crippen LogP contribution in [-0.2, 0) is 4.79 Å². The van der Waals surface area contributed by atoms with Gasteiger partial charge in [-0.05, 0) is 32.8 Å². The largest absolute Gasteiger partial charge is 0.496 e. The van der Waals surface area contributed by atoms with Crippen LogP contribution in [0, 0.1) is 6.92 Å². The van der Waals surface area contributed by atoms with Crippen LogP contribution in [0.1, 0.15) is 62.6 Å². The van der Waals surface area contributed by atoms with Crippen LogP contribution in [0.3, 0.4) is 0 Å². The van der Waals surface area contributed by atoms with Crippen LogP contribution < -0.4 is 20.7 Å². The van der Waals surface area contributed by atoms with Crippen molar-refractivity contribution in [2.75, 3.05) is 13.7 Å². The number of hydrogen-bond acceptors (Lipinski definition) is 3. The van der Waals surface area contributed by atoms with Crippen LogP contribution in [0.5, 0.6) is 5.75 Å². The van der Waals surface area contributed by atoms with Gasteiger partial charge in [0.05, 0.1) is 13.2 Å². The smallest absolute Gasteiger partial charge is 0.315 e. The van der Waals surface area contributed by atoms with Gasteiger partial charge in [-0.1, -0.05) is 37.0 Å². The summed E-state index contributed by atoms with van der Waals surface area (Å²) in [4.78, 5) is 24.0. The minimum absolute atomic E-state index is 0.0981. The number of amides is 3. The summed E-state index contributed by atoms with van der Waals surface area (Å²) in [6.45, 7) is 4.26. The van der Waals surface area contributed by atoms with Gasteiger partial charge in [-0.15, -0.1) is 0 Å². The number of methoxy groups -OCH3 is 1. The molecule has 6 heteroatoms. The number of urea groups is 1. The quantitative estimate of drug-likeness (QED) is 0.698. The van der Waals surface area contributed by atoms with E-state index in [0.29, 0.717) is 6.54 Å². The van der Waals surface area contributed by atoms with Crippen molar-refractivity contribution in [1.82, 2.24) is 16.0 Å². The van der Waals surface area contributed by atoms with Gasteiger partial charge < -0.3 is 20.7 Å². The van der Waals surface area contributed by atoms with Gasteiger partial charge in [0.15, 0.2) is 0 Å². The summed E-state index contributed by atoms with van der Waals surface area (Å²) < 4.78 is 5.37. The van der Waals surface area contributed by atoms with Gasteiger partial charge in [-0.2, -0.15) is 0 Å². The standard InChI is InChI=1S/C20H31N3O3/c1-14-9-10-18(26-3)17(13-14)15(2)22-19(24)11-12-21-20(25)23-16-7-5-4-6-8-16/h9-10,13,15-16H,4-8,11-12H2,1-3H3,(H,22,24)(H2,21,23,25). The molecular formula is C20H31N3O3. The number of aryl methyl sites for hydroxylation is 1. The predicted molar refractivity (Wildman–Crippen MR) is 102 cm³/mol. The first-order valence-corrected chi connectivity index (χ1v) is 9.48. The first-order valence-electron chi connectivity index (χ1n) is 9.48. The third-order valence-corrected chi connectivity index (χ3v) is 4.81. The van der Waals surface area contributed by atoms with E-state index in [-0.39, 0.29) is 30.4 Å². The van der Waals surface area contributed by atoms with Crippen molar-refractivity contribution < 1.29 is 14.3 Å². The van der Waals surface area contributed by atoms with Crippen LogP contribution in [0.25, 0.3) is 0 Å². The molecule has 3 amide bonds. The van der Waals surface area contributed by atoms with E-state index in [2.05, 4.69) is 16.0 Å². The number of nitrogens with one attached hydrogen (secondary N) is 3. The summed E-state index contributed by atoms with van der Waals surface area (Å²) in [6, 6.07) is 5.83. The van der Waals surface area contributed by atoms with Crippen molar-refractivity contribution in [2.45, 2.75) is 64.5 Å². The Morgan fingerprint density at radius 3 is 2.65 bits per heavy atom. The minimum Gasteiger partial charge on any atom is -0.496 e. The van der Waals surface area contributed by atoms with E-state index in [0.717, 1.165) is 29.7 Å². The second kappa shape index (κ2) is 10.0. The first-order chi connectivity index (χ1) is 12.5.